The van der Waals surface area contributed by atoms with E-state index in [2.05, 4.69) is 10.3 Å². The van der Waals surface area contributed by atoms with Crippen LogP contribution in [0.4, 0.5) is 0 Å². The molecular weight excluding hydrogens is 509 g/mol. The first-order chi connectivity index (χ1) is 16.2. The number of sulfone groups is 1. The van der Waals surface area contributed by atoms with E-state index in [0.29, 0.717) is 18.7 Å². The van der Waals surface area contributed by atoms with Crippen molar-refractivity contribution in [1.82, 2.24) is 15.8 Å². The number of hydrogen-bond donors (Lipinski definition) is 3. The summed E-state index contributed by atoms with van der Waals surface area (Å²) < 4.78 is 35.4. The maximum absolute atomic E-state index is 13.2. The molecule has 3 N–H and O–H groups in total. The molecule has 13 heteroatoms. The van der Waals surface area contributed by atoms with E-state index in [1.807, 2.05) is 0 Å². The molecule has 1 aromatic carbocycles. The Kier molecular flexibility index (Phi) is 8.72. The van der Waals surface area contributed by atoms with Gasteiger partial charge in [0.2, 0.25) is 0 Å². The van der Waals surface area contributed by atoms with Gasteiger partial charge in [-0.05, 0) is 49.6 Å². The first kappa shape index (κ1) is 26.2. The molecule has 0 unspecified atom stereocenters. The molecular formula is C21H23Cl2N3O7S. The first-order valence-electron chi connectivity index (χ1n) is 10.3. The summed E-state index contributed by atoms with van der Waals surface area (Å²) in [6, 6.07) is 7.09. The Morgan fingerprint density at radius 3 is 2.47 bits per heavy atom. The zero-order chi connectivity index (χ0) is 24.8. The Hall–Kier alpha value is -2.44. The number of hydroxylamine groups is 1. The van der Waals surface area contributed by atoms with Crippen molar-refractivity contribution >= 4 is 44.9 Å². The van der Waals surface area contributed by atoms with Crippen LogP contribution in [0.3, 0.4) is 0 Å². The van der Waals surface area contributed by atoms with Crippen molar-refractivity contribution in [3.63, 3.8) is 0 Å². The number of halogens is 2. The Labute approximate surface area is 206 Å². The fourth-order valence-electron chi connectivity index (χ4n) is 3.47. The van der Waals surface area contributed by atoms with Crippen LogP contribution in [0.1, 0.15) is 29.6 Å². The lowest BCUT2D eigenvalue weighted by Gasteiger charge is -2.34. The monoisotopic (exact) mass is 531 g/mol. The molecule has 2 heterocycles. The average Bonchev–Trinajstić information content (AvgIpc) is 2.85. The van der Waals surface area contributed by atoms with Gasteiger partial charge in [0.1, 0.15) is 10.9 Å². The second-order valence-electron chi connectivity index (χ2n) is 7.48. The highest BCUT2D eigenvalue weighted by atomic mass is 35.5. The molecule has 2 amide bonds. The average molecular weight is 532 g/mol. The van der Waals surface area contributed by atoms with E-state index in [0.717, 1.165) is 0 Å². The van der Waals surface area contributed by atoms with Gasteiger partial charge in [-0.1, -0.05) is 23.2 Å². The number of aromatic nitrogens is 1. The molecule has 1 aliphatic heterocycles. The summed E-state index contributed by atoms with van der Waals surface area (Å²) in [6.07, 6.45) is 1.68. The minimum atomic E-state index is -4.10. The lowest BCUT2D eigenvalue weighted by molar-refractivity contribution is -0.134. The largest absolute Gasteiger partial charge is 0.494 e. The minimum Gasteiger partial charge on any atom is -0.494 e. The molecule has 2 aromatic rings. The lowest BCUT2D eigenvalue weighted by Crippen LogP contribution is -2.54. The standard InChI is InChI=1S/C21H23Cl2N3O7S/c22-17-12-14(13-25-18(17)23)19(27)24-8-1-9-33-15-2-4-16(5-3-15)34(30,31)21(20(28)26-29)6-10-32-11-7-21/h2-5,12-13,29H,1,6-11H2,(H,24,27)(H,26,28). The van der Waals surface area contributed by atoms with Gasteiger partial charge < -0.3 is 14.8 Å². The molecule has 0 bridgehead atoms. The molecule has 0 radical (unpaired) electrons. The summed E-state index contributed by atoms with van der Waals surface area (Å²) in [5, 5.41) is 12.1. The van der Waals surface area contributed by atoms with Crippen molar-refractivity contribution in [2.24, 2.45) is 0 Å². The van der Waals surface area contributed by atoms with Crippen molar-refractivity contribution in [3.05, 3.63) is 52.3 Å². The van der Waals surface area contributed by atoms with Crippen LogP contribution >= 0.6 is 23.2 Å². The topological polar surface area (TPSA) is 144 Å². The van der Waals surface area contributed by atoms with Crippen LogP contribution in [0, 0.1) is 0 Å². The predicted molar refractivity (Wildman–Crippen MR) is 123 cm³/mol. The van der Waals surface area contributed by atoms with E-state index in [4.69, 9.17) is 37.9 Å². The highest BCUT2D eigenvalue weighted by molar-refractivity contribution is 7.93. The number of carbonyl (C=O) groups is 2. The Bertz CT molecular complexity index is 1140. The van der Waals surface area contributed by atoms with E-state index in [1.54, 1.807) is 0 Å². The van der Waals surface area contributed by atoms with Crippen LogP contribution in [-0.2, 0) is 19.4 Å². The van der Waals surface area contributed by atoms with Crippen LogP contribution in [0.25, 0.3) is 0 Å². The molecule has 184 valence electrons. The predicted octanol–water partition coefficient (Wildman–Crippen LogP) is 2.42. The summed E-state index contributed by atoms with van der Waals surface area (Å²) in [5.74, 6) is -0.906. The van der Waals surface area contributed by atoms with Crippen LogP contribution in [0.15, 0.2) is 41.4 Å². The number of benzene rings is 1. The normalized spacial score (nSPS) is 15.4. The molecule has 1 aromatic heterocycles. The van der Waals surface area contributed by atoms with Gasteiger partial charge in [-0.3, -0.25) is 14.8 Å². The van der Waals surface area contributed by atoms with E-state index in [9.17, 15) is 18.0 Å². The maximum atomic E-state index is 13.2. The molecule has 1 saturated heterocycles. The van der Waals surface area contributed by atoms with Crippen molar-refractivity contribution in [2.75, 3.05) is 26.4 Å². The third-order valence-electron chi connectivity index (χ3n) is 5.40. The molecule has 0 atom stereocenters. The molecule has 0 spiro atoms. The highest BCUT2D eigenvalue weighted by Gasteiger charge is 2.52. The molecule has 10 nitrogen and oxygen atoms in total. The van der Waals surface area contributed by atoms with E-state index in [1.165, 1.54) is 42.0 Å². The fourth-order valence-corrected chi connectivity index (χ4v) is 5.68. The van der Waals surface area contributed by atoms with Crippen molar-refractivity contribution in [2.45, 2.75) is 28.9 Å². The third-order valence-corrected chi connectivity index (χ3v) is 8.60. The summed E-state index contributed by atoms with van der Waals surface area (Å²) >= 11 is 11.6. The number of pyridine rings is 1. The highest BCUT2D eigenvalue weighted by Crippen LogP contribution is 2.35. The Balaban J connectivity index is 1.54. The number of nitrogens with one attached hydrogen (secondary N) is 2. The maximum Gasteiger partial charge on any atom is 0.265 e. The molecule has 34 heavy (non-hydrogen) atoms. The number of rotatable bonds is 9. The Morgan fingerprint density at radius 1 is 1.18 bits per heavy atom. The molecule has 1 fully saturated rings. The molecule has 0 aliphatic carbocycles. The number of nitrogens with zero attached hydrogens (tertiary/aromatic N) is 1. The van der Waals surface area contributed by atoms with Gasteiger partial charge >= 0.3 is 0 Å². The third kappa shape index (κ3) is 5.61. The minimum absolute atomic E-state index is 0.0622. The van der Waals surface area contributed by atoms with Crippen molar-refractivity contribution < 1.29 is 32.7 Å². The van der Waals surface area contributed by atoms with Gasteiger partial charge in [0.25, 0.3) is 11.8 Å². The number of carbonyl (C=O) groups excluding carboxylic acids is 2. The summed E-state index contributed by atoms with van der Waals surface area (Å²) in [4.78, 5) is 28.1. The van der Waals surface area contributed by atoms with Gasteiger partial charge in [0.05, 0.1) is 22.1 Å². The number of ether oxygens (including phenoxy) is 2. The second-order valence-corrected chi connectivity index (χ2v) is 10.5. The van der Waals surface area contributed by atoms with Gasteiger partial charge in [0, 0.05) is 26.0 Å². The lowest BCUT2D eigenvalue weighted by atomic mass is 9.98. The van der Waals surface area contributed by atoms with Gasteiger partial charge in [0.15, 0.2) is 14.6 Å². The SMILES string of the molecule is O=C(NCCCOc1ccc(S(=O)(=O)C2(C(=O)NO)CCOCC2)cc1)c1cnc(Cl)c(Cl)c1. The number of hydrogen-bond acceptors (Lipinski definition) is 8. The van der Waals surface area contributed by atoms with E-state index in [-0.39, 0.29) is 59.2 Å². The van der Waals surface area contributed by atoms with Gasteiger partial charge in [-0.15, -0.1) is 0 Å². The number of amides is 2. The fraction of sp³-hybridized carbons (Fsp3) is 0.381. The van der Waals surface area contributed by atoms with Gasteiger partial charge in [-0.2, -0.15) is 0 Å². The van der Waals surface area contributed by atoms with Gasteiger partial charge in [-0.25, -0.2) is 18.9 Å². The smallest absolute Gasteiger partial charge is 0.265 e. The Morgan fingerprint density at radius 2 is 1.85 bits per heavy atom. The zero-order valence-electron chi connectivity index (χ0n) is 17.9. The van der Waals surface area contributed by atoms with E-state index >= 15 is 0 Å². The van der Waals surface area contributed by atoms with E-state index < -0.39 is 20.5 Å². The van der Waals surface area contributed by atoms with Crippen LogP contribution in [0.5, 0.6) is 5.75 Å². The molecule has 3 rings (SSSR count). The summed E-state index contributed by atoms with van der Waals surface area (Å²) in [5.41, 5.74) is 1.76. The molecule has 0 saturated carbocycles. The molecule has 1 aliphatic rings. The first-order valence-corrected chi connectivity index (χ1v) is 12.5. The summed E-state index contributed by atoms with van der Waals surface area (Å²) in [7, 11) is -4.10. The van der Waals surface area contributed by atoms with Crippen LogP contribution < -0.4 is 15.5 Å². The van der Waals surface area contributed by atoms with Crippen molar-refractivity contribution in [1.29, 1.82) is 0 Å². The quantitative estimate of drug-likeness (QED) is 0.193. The van der Waals surface area contributed by atoms with Crippen LogP contribution in [0.2, 0.25) is 10.2 Å². The second kappa shape index (κ2) is 11.3. The van der Waals surface area contributed by atoms with Crippen molar-refractivity contribution in [3.8, 4) is 5.75 Å². The summed E-state index contributed by atoms with van der Waals surface area (Å²) in [6.45, 7) is 0.768. The van der Waals surface area contributed by atoms with Crippen LogP contribution in [-0.4, -0.2) is 61.5 Å². The zero-order valence-corrected chi connectivity index (χ0v) is 20.3.